The van der Waals surface area contributed by atoms with E-state index in [0.29, 0.717) is 0 Å². The van der Waals surface area contributed by atoms with Gasteiger partial charge in [-0.3, -0.25) is 4.98 Å². The van der Waals surface area contributed by atoms with E-state index in [1.807, 2.05) is 0 Å². The molecule has 0 bridgehead atoms. The highest BCUT2D eigenvalue weighted by Gasteiger charge is 2.22. The fraction of sp³-hybridized carbons (Fsp3) is 0.267. The predicted molar refractivity (Wildman–Crippen MR) is 66.7 cm³/mol. The van der Waals surface area contributed by atoms with E-state index in [1.54, 1.807) is 0 Å². The summed E-state index contributed by atoms with van der Waals surface area (Å²) in [6, 6.07) is 8.65. The monoisotopic (exact) mass is 209 g/mol. The Labute approximate surface area is 96.2 Å². The molecule has 1 aromatic carbocycles. The van der Waals surface area contributed by atoms with Crippen LogP contribution in [0.5, 0.6) is 0 Å². The summed E-state index contributed by atoms with van der Waals surface area (Å²) in [6.45, 7) is 6.48. The standard InChI is InChI=1S/C15H15N/c1-9-10(2)15-13-7-5-4-6-12(13)8-14(15)16-11(9)3/h4-7H,8H2,1-3H3. The summed E-state index contributed by atoms with van der Waals surface area (Å²) in [7, 11) is 0. The molecule has 1 heterocycles. The molecule has 0 amide bonds. The Balaban J connectivity index is 2.36. The molecule has 0 N–H and O–H groups in total. The lowest BCUT2D eigenvalue weighted by atomic mass is 9.98. The first kappa shape index (κ1) is 9.59. The molecule has 0 atom stereocenters. The highest BCUT2D eigenvalue weighted by molar-refractivity contribution is 5.79. The molecule has 0 spiro atoms. The Hall–Kier alpha value is -1.63. The van der Waals surface area contributed by atoms with Gasteiger partial charge in [-0.1, -0.05) is 24.3 Å². The maximum atomic E-state index is 4.73. The molecule has 3 rings (SSSR count). The fourth-order valence-corrected chi connectivity index (χ4v) is 2.60. The zero-order valence-electron chi connectivity index (χ0n) is 9.96. The van der Waals surface area contributed by atoms with Crippen LogP contribution >= 0.6 is 0 Å². The molecule has 16 heavy (non-hydrogen) atoms. The van der Waals surface area contributed by atoms with E-state index < -0.39 is 0 Å². The minimum atomic E-state index is 0.994. The van der Waals surface area contributed by atoms with E-state index in [2.05, 4.69) is 45.0 Å². The Bertz CT molecular complexity index is 582. The van der Waals surface area contributed by atoms with Crippen LogP contribution in [0.25, 0.3) is 11.1 Å². The van der Waals surface area contributed by atoms with Crippen molar-refractivity contribution >= 4 is 0 Å². The number of benzene rings is 1. The Kier molecular flexibility index (Phi) is 1.90. The highest BCUT2D eigenvalue weighted by atomic mass is 14.7. The Morgan fingerprint density at radius 3 is 2.56 bits per heavy atom. The summed E-state index contributed by atoms with van der Waals surface area (Å²) in [5.41, 5.74) is 9.32. The maximum absolute atomic E-state index is 4.73. The molecule has 1 aliphatic rings. The number of hydrogen-bond acceptors (Lipinski definition) is 1. The zero-order chi connectivity index (χ0) is 11.3. The number of nitrogens with zero attached hydrogens (tertiary/aromatic N) is 1. The van der Waals surface area contributed by atoms with Gasteiger partial charge in [-0.05, 0) is 43.0 Å². The molecule has 80 valence electrons. The van der Waals surface area contributed by atoms with Gasteiger partial charge in [-0.2, -0.15) is 0 Å². The Morgan fingerprint density at radius 2 is 1.75 bits per heavy atom. The average Bonchev–Trinajstić information content (AvgIpc) is 2.64. The first-order valence-electron chi connectivity index (χ1n) is 5.73. The van der Waals surface area contributed by atoms with Gasteiger partial charge in [0.25, 0.3) is 0 Å². The number of rotatable bonds is 0. The smallest absolute Gasteiger partial charge is 0.0532 e. The predicted octanol–water partition coefficient (Wildman–Crippen LogP) is 3.58. The number of hydrogen-bond donors (Lipinski definition) is 0. The second-order valence-corrected chi connectivity index (χ2v) is 4.60. The van der Waals surface area contributed by atoms with Crippen molar-refractivity contribution in [2.45, 2.75) is 27.2 Å². The van der Waals surface area contributed by atoms with Crippen LogP contribution in [0.1, 0.15) is 28.1 Å². The van der Waals surface area contributed by atoms with E-state index in [4.69, 9.17) is 4.98 Å². The maximum Gasteiger partial charge on any atom is 0.0532 e. The third-order valence-electron chi connectivity index (χ3n) is 3.72. The number of aromatic nitrogens is 1. The molecule has 0 saturated heterocycles. The van der Waals surface area contributed by atoms with Crippen molar-refractivity contribution in [2.24, 2.45) is 0 Å². The molecule has 2 aromatic rings. The van der Waals surface area contributed by atoms with Crippen molar-refractivity contribution in [1.29, 1.82) is 0 Å². The average molecular weight is 209 g/mol. The van der Waals surface area contributed by atoms with Crippen LogP contribution in [0, 0.1) is 20.8 Å². The van der Waals surface area contributed by atoms with Crippen LogP contribution in [0.15, 0.2) is 24.3 Å². The zero-order valence-corrected chi connectivity index (χ0v) is 9.96. The summed E-state index contributed by atoms with van der Waals surface area (Å²) in [5.74, 6) is 0. The van der Waals surface area contributed by atoms with Gasteiger partial charge in [-0.25, -0.2) is 0 Å². The lowest BCUT2D eigenvalue weighted by Gasteiger charge is -2.10. The summed E-state index contributed by atoms with van der Waals surface area (Å²) >= 11 is 0. The molecule has 1 aliphatic carbocycles. The van der Waals surface area contributed by atoms with E-state index >= 15 is 0 Å². The first-order valence-corrected chi connectivity index (χ1v) is 5.73. The minimum absolute atomic E-state index is 0.994. The van der Waals surface area contributed by atoms with Gasteiger partial charge in [0.05, 0.1) is 5.69 Å². The van der Waals surface area contributed by atoms with Crippen LogP contribution in [0.3, 0.4) is 0 Å². The van der Waals surface area contributed by atoms with Crippen molar-refractivity contribution in [3.63, 3.8) is 0 Å². The largest absolute Gasteiger partial charge is 0.257 e. The van der Waals surface area contributed by atoms with Gasteiger partial charge in [-0.15, -0.1) is 0 Å². The molecular weight excluding hydrogens is 194 g/mol. The van der Waals surface area contributed by atoms with Crippen molar-refractivity contribution in [3.8, 4) is 11.1 Å². The van der Waals surface area contributed by atoms with E-state index in [9.17, 15) is 0 Å². The van der Waals surface area contributed by atoms with Crippen LogP contribution in [-0.4, -0.2) is 4.98 Å². The van der Waals surface area contributed by atoms with Crippen LogP contribution in [0.2, 0.25) is 0 Å². The number of fused-ring (bicyclic) bond motifs is 3. The third kappa shape index (κ3) is 1.15. The minimum Gasteiger partial charge on any atom is -0.257 e. The topological polar surface area (TPSA) is 12.9 Å². The summed E-state index contributed by atoms with van der Waals surface area (Å²) in [6.07, 6.45) is 0.994. The molecule has 1 aromatic heterocycles. The lowest BCUT2D eigenvalue weighted by Crippen LogP contribution is -1.97. The molecule has 1 heteroatoms. The second kappa shape index (κ2) is 3.18. The normalized spacial score (nSPS) is 12.4. The molecule has 0 aliphatic heterocycles. The number of aryl methyl sites for hydroxylation is 1. The number of pyridine rings is 1. The third-order valence-corrected chi connectivity index (χ3v) is 3.72. The summed E-state index contributed by atoms with van der Waals surface area (Å²) in [5, 5.41) is 0. The molecule has 0 saturated carbocycles. The van der Waals surface area contributed by atoms with Crippen LogP contribution < -0.4 is 0 Å². The van der Waals surface area contributed by atoms with Crippen molar-refractivity contribution in [3.05, 3.63) is 52.3 Å². The van der Waals surface area contributed by atoms with E-state index in [0.717, 1.165) is 6.42 Å². The summed E-state index contributed by atoms with van der Waals surface area (Å²) in [4.78, 5) is 4.73. The van der Waals surface area contributed by atoms with Gasteiger partial charge in [0.15, 0.2) is 0 Å². The van der Waals surface area contributed by atoms with Crippen LogP contribution in [-0.2, 0) is 6.42 Å². The first-order chi connectivity index (χ1) is 7.68. The van der Waals surface area contributed by atoms with Gasteiger partial charge < -0.3 is 0 Å². The second-order valence-electron chi connectivity index (χ2n) is 4.60. The van der Waals surface area contributed by atoms with Crippen molar-refractivity contribution in [2.75, 3.05) is 0 Å². The summed E-state index contributed by atoms with van der Waals surface area (Å²) < 4.78 is 0. The lowest BCUT2D eigenvalue weighted by molar-refractivity contribution is 1.04. The highest BCUT2D eigenvalue weighted by Crippen LogP contribution is 2.38. The van der Waals surface area contributed by atoms with Gasteiger partial charge in [0.2, 0.25) is 0 Å². The van der Waals surface area contributed by atoms with Gasteiger partial charge in [0, 0.05) is 17.7 Å². The molecule has 1 nitrogen and oxygen atoms in total. The van der Waals surface area contributed by atoms with Crippen molar-refractivity contribution in [1.82, 2.24) is 4.98 Å². The van der Waals surface area contributed by atoms with Gasteiger partial charge in [0.1, 0.15) is 0 Å². The van der Waals surface area contributed by atoms with Crippen LogP contribution in [0.4, 0.5) is 0 Å². The molecule has 0 fully saturated rings. The molecule has 0 radical (unpaired) electrons. The Morgan fingerprint density at radius 1 is 1.00 bits per heavy atom. The van der Waals surface area contributed by atoms with E-state index in [1.165, 1.54) is 39.2 Å². The van der Waals surface area contributed by atoms with E-state index in [-0.39, 0.29) is 0 Å². The fourth-order valence-electron chi connectivity index (χ4n) is 2.60. The molecular formula is C15H15N. The van der Waals surface area contributed by atoms with Gasteiger partial charge >= 0.3 is 0 Å². The van der Waals surface area contributed by atoms with Crippen molar-refractivity contribution < 1.29 is 0 Å². The SMILES string of the molecule is Cc1nc2c(c(C)c1C)-c1ccccc1C2. The quantitative estimate of drug-likeness (QED) is 0.551. The molecule has 0 unspecified atom stereocenters.